The second-order valence-electron chi connectivity index (χ2n) is 4.63. The first kappa shape index (κ1) is 13.9. The first-order valence-corrected chi connectivity index (χ1v) is 7.32. The van der Waals surface area contributed by atoms with Crippen LogP contribution in [0.1, 0.15) is 25.2 Å². The highest BCUT2D eigenvalue weighted by atomic mass is 32.2. The highest BCUT2D eigenvalue weighted by Crippen LogP contribution is 2.22. The summed E-state index contributed by atoms with van der Waals surface area (Å²) in [5, 5.41) is 10.1. The van der Waals surface area contributed by atoms with Gasteiger partial charge in [-0.2, -0.15) is 0 Å². The molecule has 3 nitrogen and oxygen atoms in total. The zero-order valence-electron chi connectivity index (χ0n) is 11.4. The lowest BCUT2D eigenvalue weighted by Crippen LogP contribution is -2.05. The largest absolute Gasteiger partial charge is 0.302 e. The number of rotatable bonds is 6. The first-order valence-electron chi connectivity index (χ1n) is 6.44. The number of hydrogen-bond donors (Lipinski definition) is 0. The van der Waals surface area contributed by atoms with Gasteiger partial charge in [-0.25, -0.2) is 0 Å². The third-order valence-corrected chi connectivity index (χ3v) is 3.64. The Balaban J connectivity index is 2.24. The average molecular weight is 273 g/mol. The van der Waals surface area contributed by atoms with Crippen LogP contribution in [0.5, 0.6) is 0 Å². The average Bonchev–Trinajstić information content (AvgIpc) is 2.74. The standard InChI is InChI=1S/C15H19N3S/c1-4-10-18-14(11-13-8-6-5-7-9-13)16-17-15(18)19-12(2)3/h4-9,12H,1,10-11H2,2-3H3. The Labute approximate surface area is 118 Å². The van der Waals surface area contributed by atoms with Crippen LogP contribution in [0.15, 0.2) is 48.1 Å². The molecule has 19 heavy (non-hydrogen) atoms. The predicted octanol–water partition coefficient (Wildman–Crippen LogP) is 3.56. The molecule has 2 aromatic rings. The van der Waals surface area contributed by atoms with Crippen molar-refractivity contribution in [3.63, 3.8) is 0 Å². The van der Waals surface area contributed by atoms with Gasteiger partial charge in [0.15, 0.2) is 5.16 Å². The van der Waals surface area contributed by atoms with E-state index in [1.165, 1.54) is 5.56 Å². The second kappa shape index (κ2) is 6.57. The maximum absolute atomic E-state index is 4.33. The van der Waals surface area contributed by atoms with Gasteiger partial charge in [0.05, 0.1) is 0 Å². The van der Waals surface area contributed by atoms with E-state index >= 15 is 0 Å². The zero-order chi connectivity index (χ0) is 13.7. The van der Waals surface area contributed by atoms with Crippen molar-refractivity contribution in [2.75, 3.05) is 0 Å². The van der Waals surface area contributed by atoms with Crippen molar-refractivity contribution in [3.8, 4) is 0 Å². The molecule has 2 rings (SSSR count). The number of nitrogens with zero attached hydrogens (tertiary/aromatic N) is 3. The summed E-state index contributed by atoms with van der Waals surface area (Å²) in [4.78, 5) is 0. The molecule has 0 fully saturated rings. The third kappa shape index (κ3) is 3.70. The Morgan fingerprint density at radius 1 is 1.26 bits per heavy atom. The first-order chi connectivity index (χ1) is 9.20. The Morgan fingerprint density at radius 2 is 2.00 bits per heavy atom. The zero-order valence-corrected chi connectivity index (χ0v) is 12.2. The van der Waals surface area contributed by atoms with E-state index in [9.17, 15) is 0 Å². The van der Waals surface area contributed by atoms with E-state index in [0.29, 0.717) is 5.25 Å². The van der Waals surface area contributed by atoms with Gasteiger partial charge in [0.25, 0.3) is 0 Å². The van der Waals surface area contributed by atoms with E-state index in [4.69, 9.17) is 0 Å². The van der Waals surface area contributed by atoms with Crippen molar-refractivity contribution in [2.45, 2.75) is 37.2 Å². The van der Waals surface area contributed by atoms with Gasteiger partial charge in [0.1, 0.15) is 5.82 Å². The maximum Gasteiger partial charge on any atom is 0.191 e. The van der Waals surface area contributed by atoms with Crippen molar-refractivity contribution in [1.82, 2.24) is 14.8 Å². The fourth-order valence-corrected chi connectivity index (χ4v) is 2.66. The van der Waals surface area contributed by atoms with E-state index in [0.717, 1.165) is 23.9 Å². The summed E-state index contributed by atoms with van der Waals surface area (Å²) in [7, 11) is 0. The quantitative estimate of drug-likeness (QED) is 0.595. The molecule has 1 heterocycles. The summed E-state index contributed by atoms with van der Waals surface area (Å²) in [5.41, 5.74) is 1.25. The number of thioether (sulfide) groups is 1. The van der Waals surface area contributed by atoms with E-state index in [1.807, 2.05) is 24.3 Å². The molecule has 0 bridgehead atoms. The van der Waals surface area contributed by atoms with Crippen LogP contribution in [0.2, 0.25) is 0 Å². The summed E-state index contributed by atoms with van der Waals surface area (Å²) < 4.78 is 2.14. The molecule has 0 unspecified atom stereocenters. The molecule has 100 valence electrons. The summed E-state index contributed by atoms with van der Waals surface area (Å²) in [5.74, 6) is 0.995. The van der Waals surface area contributed by atoms with Crippen LogP contribution in [-0.4, -0.2) is 20.0 Å². The summed E-state index contributed by atoms with van der Waals surface area (Å²) in [6.45, 7) is 8.89. The molecule has 0 saturated heterocycles. The van der Waals surface area contributed by atoms with E-state index in [2.05, 4.69) is 47.3 Å². The topological polar surface area (TPSA) is 30.7 Å². The molecule has 4 heteroatoms. The lowest BCUT2D eigenvalue weighted by molar-refractivity contribution is 0.689. The molecular formula is C15H19N3S. The Bertz CT molecular complexity index is 532. The highest BCUT2D eigenvalue weighted by molar-refractivity contribution is 7.99. The van der Waals surface area contributed by atoms with Crippen LogP contribution in [0.3, 0.4) is 0 Å². The highest BCUT2D eigenvalue weighted by Gasteiger charge is 2.13. The number of benzene rings is 1. The van der Waals surface area contributed by atoms with Gasteiger partial charge in [-0.3, -0.25) is 0 Å². The van der Waals surface area contributed by atoms with E-state index in [-0.39, 0.29) is 0 Å². The van der Waals surface area contributed by atoms with Gasteiger partial charge >= 0.3 is 0 Å². The van der Waals surface area contributed by atoms with Gasteiger partial charge in [-0.05, 0) is 5.56 Å². The normalized spacial score (nSPS) is 10.9. The molecule has 0 spiro atoms. The Morgan fingerprint density at radius 3 is 2.63 bits per heavy atom. The molecular weight excluding hydrogens is 254 g/mol. The molecule has 0 radical (unpaired) electrons. The minimum atomic E-state index is 0.498. The van der Waals surface area contributed by atoms with Crippen molar-refractivity contribution in [2.24, 2.45) is 0 Å². The minimum Gasteiger partial charge on any atom is -0.302 e. The molecule has 0 aliphatic heterocycles. The van der Waals surface area contributed by atoms with Crippen molar-refractivity contribution < 1.29 is 0 Å². The van der Waals surface area contributed by atoms with Crippen LogP contribution < -0.4 is 0 Å². The monoisotopic (exact) mass is 273 g/mol. The SMILES string of the molecule is C=CCn1c(Cc2ccccc2)nnc1SC(C)C. The second-order valence-corrected chi connectivity index (χ2v) is 6.17. The van der Waals surface area contributed by atoms with E-state index < -0.39 is 0 Å². The smallest absolute Gasteiger partial charge is 0.191 e. The van der Waals surface area contributed by atoms with Gasteiger partial charge in [0, 0.05) is 18.2 Å². The van der Waals surface area contributed by atoms with Crippen LogP contribution in [0, 0.1) is 0 Å². The van der Waals surface area contributed by atoms with Crippen LogP contribution >= 0.6 is 11.8 Å². The van der Waals surface area contributed by atoms with Crippen molar-refractivity contribution >= 4 is 11.8 Å². The number of allylic oxidation sites excluding steroid dienone is 1. The molecule has 0 saturated carbocycles. The Kier molecular flexibility index (Phi) is 4.80. The molecule has 0 aliphatic rings. The molecule has 0 amide bonds. The van der Waals surface area contributed by atoms with E-state index in [1.54, 1.807) is 11.8 Å². The van der Waals surface area contributed by atoms with Gasteiger partial charge < -0.3 is 4.57 Å². The maximum atomic E-state index is 4.33. The molecule has 0 atom stereocenters. The lowest BCUT2D eigenvalue weighted by Gasteiger charge is -2.09. The summed E-state index contributed by atoms with van der Waals surface area (Å²) in [6.07, 6.45) is 2.70. The van der Waals surface area contributed by atoms with Gasteiger partial charge in [-0.15, -0.1) is 16.8 Å². The summed E-state index contributed by atoms with van der Waals surface area (Å²) in [6, 6.07) is 10.4. The van der Waals surface area contributed by atoms with Crippen molar-refractivity contribution in [3.05, 3.63) is 54.4 Å². The molecule has 1 aromatic heterocycles. The fraction of sp³-hybridized carbons (Fsp3) is 0.333. The fourth-order valence-electron chi connectivity index (χ4n) is 1.84. The van der Waals surface area contributed by atoms with Gasteiger partial charge in [-0.1, -0.05) is 62.0 Å². The summed E-state index contributed by atoms with van der Waals surface area (Å²) >= 11 is 1.74. The molecule has 1 aromatic carbocycles. The van der Waals surface area contributed by atoms with Gasteiger partial charge in [0.2, 0.25) is 0 Å². The predicted molar refractivity (Wildman–Crippen MR) is 80.5 cm³/mol. The van der Waals surface area contributed by atoms with Crippen LogP contribution in [0.4, 0.5) is 0 Å². The number of hydrogen-bond acceptors (Lipinski definition) is 3. The minimum absolute atomic E-state index is 0.498. The Hall–Kier alpha value is -1.55. The lowest BCUT2D eigenvalue weighted by atomic mass is 10.1. The van der Waals surface area contributed by atoms with Crippen LogP contribution in [-0.2, 0) is 13.0 Å². The van der Waals surface area contributed by atoms with Crippen LogP contribution in [0.25, 0.3) is 0 Å². The number of aromatic nitrogens is 3. The molecule has 0 aliphatic carbocycles. The molecule has 0 N–H and O–H groups in total. The van der Waals surface area contributed by atoms with Crippen molar-refractivity contribution in [1.29, 1.82) is 0 Å². The third-order valence-electron chi connectivity index (χ3n) is 2.65.